The topological polar surface area (TPSA) is 78.9 Å². The summed E-state index contributed by atoms with van der Waals surface area (Å²) in [4.78, 5) is 13.2. The SMILES string of the molecule is CC(/C(N)=N/O)N(C)C(=O)c1ccc(Br)c(C(F)(F)F)c1. The summed E-state index contributed by atoms with van der Waals surface area (Å²) in [5.41, 5.74) is 4.28. The van der Waals surface area contributed by atoms with Gasteiger partial charge in [-0.2, -0.15) is 13.2 Å². The number of benzene rings is 1. The average Bonchev–Trinajstić information content (AvgIpc) is 2.43. The molecule has 3 N–H and O–H groups in total. The third-order valence-corrected chi connectivity index (χ3v) is 3.66. The van der Waals surface area contributed by atoms with E-state index in [9.17, 15) is 18.0 Å². The highest BCUT2D eigenvalue weighted by Gasteiger charge is 2.34. The summed E-state index contributed by atoms with van der Waals surface area (Å²) in [5, 5.41) is 11.3. The van der Waals surface area contributed by atoms with E-state index in [0.717, 1.165) is 17.0 Å². The summed E-state index contributed by atoms with van der Waals surface area (Å²) < 4.78 is 38.3. The van der Waals surface area contributed by atoms with Crippen LogP contribution in [0.15, 0.2) is 27.8 Å². The number of amides is 1. The maximum absolute atomic E-state index is 12.8. The lowest BCUT2D eigenvalue weighted by Crippen LogP contribution is -2.43. The van der Waals surface area contributed by atoms with Crippen LogP contribution < -0.4 is 5.73 Å². The predicted molar refractivity (Wildman–Crippen MR) is 74.1 cm³/mol. The van der Waals surface area contributed by atoms with Crippen molar-refractivity contribution < 1.29 is 23.2 Å². The molecule has 0 aliphatic rings. The molecular weight excluding hydrogens is 355 g/mol. The normalized spacial score (nSPS) is 13.9. The molecule has 1 aromatic carbocycles. The van der Waals surface area contributed by atoms with Crippen LogP contribution in [-0.2, 0) is 6.18 Å². The van der Waals surface area contributed by atoms with Gasteiger partial charge in [0, 0.05) is 17.1 Å². The lowest BCUT2D eigenvalue weighted by atomic mass is 10.1. The van der Waals surface area contributed by atoms with E-state index in [1.165, 1.54) is 20.0 Å². The smallest absolute Gasteiger partial charge is 0.409 e. The van der Waals surface area contributed by atoms with Gasteiger partial charge in [-0.25, -0.2) is 0 Å². The van der Waals surface area contributed by atoms with Gasteiger partial charge in [0.05, 0.1) is 11.6 Å². The number of rotatable bonds is 3. The van der Waals surface area contributed by atoms with Crippen LogP contribution >= 0.6 is 15.9 Å². The van der Waals surface area contributed by atoms with E-state index in [1.807, 2.05) is 0 Å². The number of alkyl halides is 3. The van der Waals surface area contributed by atoms with Gasteiger partial charge in [-0.3, -0.25) is 4.79 Å². The Hall–Kier alpha value is -1.77. The highest BCUT2D eigenvalue weighted by atomic mass is 79.9. The molecule has 0 saturated heterocycles. The van der Waals surface area contributed by atoms with Gasteiger partial charge in [-0.05, 0) is 25.1 Å². The highest BCUT2D eigenvalue weighted by molar-refractivity contribution is 9.10. The third kappa shape index (κ3) is 3.87. The molecule has 0 bridgehead atoms. The molecule has 21 heavy (non-hydrogen) atoms. The monoisotopic (exact) mass is 367 g/mol. The van der Waals surface area contributed by atoms with Crippen LogP contribution in [0.25, 0.3) is 0 Å². The number of oxime groups is 1. The quantitative estimate of drug-likeness (QED) is 0.373. The summed E-state index contributed by atoms with van der Waals surface area (Å²) >= 11 is 2.80. The van der Waals surface area contributed by atoms with Crippen molar-refractivity contribution in [3.63, 3.8) is 0 Å². The third-order valence-electron chi connectivity index (χ3n) is 2.96. The number of nitrogens with two attached hydrogens (primary N) is 1. The molecule has 1 unspecified atom stereocenters. The van der Waals surface area contributed by atoms with Crippen LogP contribution in [0.5, 0.6) is 0 Å². The molecule has 5 nitrogen and oxygen atoms in total. The van der Waals surface area contributed by atoms with Crippen molar-refractivity contribution in [2.24, 2.45) is 10.9 Å². The van der Waals surface area contributed by atoms with Crippen molar-refractivity contribution in [2.45, 2.75) is 19.1 Å². The van der Waals surface area contributed by atoms with Gasteiger partial charge in [-0.1, -0.05) is 21.1 Å². The van der Waals surface area contributed by atoms with Crippen molar-refractivity contribution in [3.05, 3.63) is 33.8 Å². The lowest BCUT2D eigenvalue weighted by Gasteiger charge is -2.24. The lowest BCUT2D eigenvalue weighted by molar-refractivity contribution is -0.138. The first kappa shape index (κ1) is 17.3. The van der Waals surface area contributed by atoms with Gasteiger partial charge in [0.1, 0.15) is 0 Å². The van der Waals surface area contributed by atoms with Gasteiger partial charge in [-0.15, -0.1) is 0 Å². The van der Waals surface area contributed by atoms with Crippen LogP contribution in [0.1, 0.15) is 22.8 Å². The van der Waals surface area contributed by atoms with Crippen LogP contribution in [0, 0.1) is 0 Å². The number of nitrogens with zero attached hydrogens (tertiary/aromatic N) is 2. The first-order chi connectivity index (χ1) is 9.59. The van der Waals surface area contributed by atoms with E-state index < -0.39 is 23.7 Å². The molecule has 0 aromatic heterocycles. The Kier molecular flexibility index (Phi) is 5.21. The molecule has 1 aromatic rings. The zero-order chi connectivity index (χ0) is 16.4. The minimum Gasteiger partial charge on any atom is -0.409 e. The molecule has 9 heteroatoms. The molecule has 0 radical (unpaired) electrons. The molecule has 0 heterocycles. The second kappa shape index (κ2) is 6.33. The Morgan fingerprint density at radius 2 is 2.05 bits per heavy atom. The van der Waals surface area contributed by atoms with Crippen molar-refractivity contribution in [1.82, 2.24) is 4.90 Å². The number of hydrogen-bond donors (Lipinski definition) is 2. The van der Waals surface area contributed by atoms with Crippen molar-refractivity contribution in [1.29, 1.82) is 0 Å². The Labute approximate surface area is 127 Å². The highest BCUT2D eigenvalue weighted by Crippen LogP contribution is 2.35. The van der Waals surface area contributed by atoms with Crippen molar-refractivity contribution in [2.75, 3.05) is 7.05 Å². The first-order valence-corrected chi connectivity index (χ1v) is 6.50. The average molecular weight is 368 g/mol. The molecule has 0 aliphatic carbocycles. The standard InChI is InChI=1S/C12H13BrF3N3O2/c1-6(10(17)18-21)19(2)11(20)7-3-4-9(13)8(5-7)12(14,15)16/h3-6,21H,1-2H3,(H2,17,18). The minimum atomic E-state index is -4.58. The molecule has 0 fully saturated rings. The van der Waals surface area contributed by atoms with Crippen molar-refractivity contribution in [3.8, 4) is 0 Å². The first-order valence-electron chi connectivity index (χ1n) is 5.71. The fraction of sp³-hybridized carbons (Fsp3) is 0.333. The van der Waals surface area contributed by atoms with Gasteiger partial charge >= 0.3 is 6.18 Å². The van der Waals surface area contributed by atoms with E-state index in [4.69, 9.17) is 10.9 Å². The molecule has 1 rings (SSSR count). The van der Waals surface area contributed by atoms with Gasteiger partial charge in [0.2, 0.25) is 0 Å². The largest absolute Gasteiger partial charge is 0.417 e. The van der Waals surface area contributed by atoms with Crippen LogP contribution in [0.2, 0.25) is 0 Å². The van der Waals surface area contributed by atoms with Gasteiger partial charge in [0.25, 0.3) is 5.91 Å². The fourth-order valence-electron chi connectivity index (χ4n) is 1.54. The van der Waals surface area contributed by atoms with Crippen LogP contribution in [0.3, 0.4) is 0 Å². The predicted octanol–water partition coefficient (Wildman–Crippen LogP) is 2.67. The second-order valence-electron chi connectivity index (χ2n) is 4.31. The molecule has 116 valence electrons. The zero-order valence-corrected chi connectivity index (χ0v) is 12.7. The van der Waals surface area contributed by atoms with Crippen LogP contribution in [0.4, 0.5) is 13.2 Å². The number of likely N-dealkylation sites (N-methyl/N-ethyl adjacent to an activating group) is 1. The number of amidine groups is 1. The van der Waals surface area contributed by atoms with E-state index in [2.05, 4.69) is 21.1 Å². The number of carbonyl (C=O) groups excluding carboxylic acids is 1. The van der Waals surface area contributed by atoms with E-state index in [0.29, 0.717) is 0 Å². The summed E-state index contributed by atoms with van der Waals surface area (Å²) in [6.07, 6.45) is -4.58. The molecule has 1 atom stereocenters. The van der Waals surface area contributed by atoms with Gasteiger partial charge in [0.15, 0.2) is 5.84 Å². The van der Waals surface area contributed by atoms with E-state index >= 15 is 0 Å². The fourth-order valence-corrected chi connectivity index (χ4v) is 2.01. The molecule has 0 aliphatic heterocycles. The molecule has 0 spiro atoms. The van der Waals surface area contributed by atoms with Crippen LogP contribution in [-0.4, -0.2) is 34.9 Å². The van der Waals surface area contributed by atoms with E-state index in [-0.39, 0.29) is 15.9 Å². The van der Waals surface area contributed by atoms with Gasteiger partial charge < -0.3 is 15.8 Å². The van der Waals surface area contributed by atoms with Crippen molar-refractivity contribution >= 4 is 27.7 Å². The Morgan fingerprint density at radius 3 is 2.52 bits per heavy atom. The summed E-state index contributed by atoms with van der Waals surface area (Å²) in [5.74, 6) is -0.897. The summed E-state index contributed by atoms with van der Waals surface area (Å²) in [6, 6.07) is 2.40. The maximum atomic E-state index is 12.8. The maximum Gasteiger partial charge on any atom is 0.417 e. The molecule has 0 saturated carbocycles. The minimum absolute atomic E-state index is 0.148. The Morgan fingerprint density at radius 1 is 1.48 bits per heavy atom. The second-order valence-corrected chi connectivity index (χ2v) is 5.16. The number of carbonyl (C=O) groups is 1. The van der Waals surface area contributed by atoms with E-state index in [1.54, 1.807) is 0 Å². The molecular formula is C12H13BrF3N3O2. The zero-order valence-electron chi connectivity index (χ0n) is 11.1. The number of hydrogen-bond acceptors (Lipinski definition) is 3. The summed E-state index contributed by atoms with van der Waals surface area (Å²) in [6.45, 7) is 1.48. The number of halogens is 4. The Bertz CT molecular complexity index is 575. The molecule has 1 amide bonds. The Balaban J connectivity index is 3.15. The summed E-state index contributed by atoms with van der Waals surface area (Å²) in [7, 11) is 1.35.